The van der Waals surface area contributed by atoms with Gasteiger partial charge in [-0.15, -0.1) is 0 Å². The summed E-state index contributed by atoms with van der Waals surface area (Å²) in [4.78, 5) is 2.73. The Morgan fingerprint density at radius 3 is 2.44 bits per heavy atom. The van der Waals surface area contributed by atoms with E-state index in [0.29, 0.717) is 0 Å². The summed E-state index contributed by atoms with van der Waals surface area (Å²) >= 11 is 0. The Morgan fingerprint density at radius 2 is 1.83 bits per heavy atom. The minimum absolute atomic E-state index is 0.806. The summed E-state index contributed by atoms with van der Waals surface area (Å²) in [7, 11) is 0. The van der Waals surface area contributed by atoms with E-state index in [-0.39, 0.29) is 0 Å². The van der Waals surface area contributed by atoms with Crippen LogP contribution in [0.5, 0.6) is 0 Å². The van der Waals surface area contributed by atoms with Crippen LogP contribution in [0.3, 0.4) is 0 Å². The molecular weight excluding hydrogens is 224 g/mol. The van der Waals surface area contributed by atoms with E-state index in [2.05, 4.69) is 24.1 Å². The maximum absolute atomic E-state index is 5.46. The Hall–Kier alpha value is -0.120. The first kappa shape index (κ1) is 14.3. The van der Waals surface area contributed by atoms with Gasteiger partial charge in [-0.3, -0.25) is 0 Å². The van der Waals surface area contributed by atoms with Crippen LogP contribution in [0.1, 0.15) is 52.4 Å². The van der Waals surface area contributed by atoms with Crippen molar-refractivity contribution in [2.45, 2.75) is 70.5 Å². The molecule has 2 saturated heterocycles. The molecule has 2 bridgehead atoms. The Kier molecular flexibility index (Phi) is 5.93. The molecule has 2 aliphatic rings. The molecule has 2 unspecified atom stereocenters. The van der Waals surface area contributed by atoms with Crippen molar-refractivity contribution in [3.8, 4) is 0 Å². The second-order valence-electron chi connectivity index (χ2n) is 5.85. The van der Waals surface area contributed by atoms with Gasteiger partial charge in [0.1, 0.15) is 0 Å². The summed E-state index contributed by atoms with van der Waals surface area (Å²) in [6.07, 6.45) is 8.00. The molecule has 0 radical (unpaired) electrons. The number of rotatable bonds is 8. The summed E-state index contributed by atoms with van der Waals surface area (Å²) in [5.74, 6) is 0. The summed E-state index contributed by atoms with van der Waals surface area (Å²) in [5, 5.41) is 3.74. The van der Waals surface area contributed by atoms with Gasteiger partial charge in [0.15, 0.2) is 0 Å². The molecule has 2 atom stereocenters. The molecule has 2 rings (SSSR count). The number of nitrogens with zero attached hydrogens (tertiary/aromatic N) is 1. The minimum atomic E-state index is 0.806. The second-order valence-corrected chi connectivity index (χ2v) is 5.85. The van der Waals surface area contributed by atoms with Gasteiger partial charge in [-0.05, 0) is 52.0 Å². The minimum Gasteiger partial charge on any atom is -0.382 e. The van der Waals surface area contributed by atoms with Crippen molar-refractivity contribution in [2.75, 3.05) is 26.3 Å². The molecule has 18 heavy (non-hydrogen) atoms. The van der Waals surface area contributed by atoms with Crippen molar-refractivity contribution in [3.05, 3.63) is 0 Å². The van der Waals surface area contributed by atoms with E-state index >= 15 is 0 Å². The molecule has 3 nitrogen and oxygen atoms in total. The summed E-state index contributed by atoms with van der Waals surface area (Å²) < 4.78 is 5.46. The van der Waals surface area contributed by atoms with Crippen LogP contribution in [0.2, 0.25) is 0 Å². The van der Waals surface area contributed by atoms with Crippen LogP contribution >= 0.6 is 0 Å². The lowest BCUT2D eigenvalue weighted by molar-refractivity contribution is 0.104. The third kappa shape index (κ3) is 3.94. The Balaban J connectivity index is 1.77. The Morgan fingerprint density at radius 1 is 1.11 bits per heavy atom. The normalized spacial score (nSPS) is 31.2. The average molecular weight is 254 g/mol. The predicted molar refractivity (Wildman–Crippen MR) is 75.9 cm³/mol. The molecule has 0 spiro atoms. The maximum Gasteiger partial charge on any atom is 0.0478 e. The highest BCUT2D eigenvalue weighted by Gasteiger charge is 2.35. The molecular formula is C15H30N2O. The molecule has 2 fully saturated rings. The highest BCUT2D eigenvalue weighted by atomic mass is 16.5. The van der Waals surface area contributed by atoms with Crippen molar-refractivity contribution < 1.29 is 4.74 Å². The lowest BCUT2D eigenvalue weighted by Crippen LogP contribution is -2.48. The highest BCUT2D eigenvalue weighted by molar-refractivity contribution is 4.95. The largest absolute Gasteiger partial charge is 0.382 e. The predicted octanol–water partition coefficient (Wildman–Crippen LogP) is 2.41. The van der Waals surface area contributed by atoms with Crippen LogP contribution in [0.15, 0.2) is 0 Å². The van der Waals surface area contributed by atoms with E-state index < -0.39 is 0 Å². The van der Waals surface area contributed by atoms with Crippen LogP contribution in [0.25, 0.3) is 0 Å². The number of ether oxygens (including phenoxy) is 1. The average Bonchev–Trinajstić information content (AvgIpc) is 2.72. The fourth-order valence-corrected chi connectivity index (χ4v) is 3.60. The SMILES string of the molecule is CCCN(CCCOCC)C1CC2CCC(C1)N2. The van der Waals surface area contributed by atoms with Crippen LogP contribution in [0, 0.1) is 0 Å². The standard InChI is InChI=1S/C15H30N2O/c1-3-8-17(9-5-10-18-4-2)15-11-13-6-7-14(12-15)16-13/h13-16H,3-12H2,1-2H3. The third-order valence-electron chi connectivity index (χ3n) is 4.41. The number of hydrogen-bond donors (Lipinski definition) is 1. The van der Waals surface area contributed by atoms with Gasteiger partial charge >= 0.3 is 0 Å². The molecule has 0 aromatic carbocycles. The van der Waals surface area contributed by atoms with Gasteiger partial charge < -0.3 is 15.0 Å². The van der Waals surface area contributed by atoms with Crippen molar-refractivity contribution in [3.63, 3.8) is 0 Å². The van der Waals surface area contributed by atoms with Gasteiger partial charge in [-0.1, -0.05) is 6.92 Å². The van der Waals surface area contributed by atoms with Crippen LogP contribution in [-0.4, -0.2) is 49.3 Å². The lowest BCUT2D eigenvalue weighted by Gasteiger charge is -2.37. The van der Waals surface area contributed by atoms with Gasteiger partial charge in [-0.2, -0.15) is 0 Å². The zero-order valence-electron chi connectivity index (χ0n) is 12.2. The van der Waals surface area contributed by atoms with Gasteiger partial charge in [0.2, 0.25) is 0 Å². The molecule has 0 amide bonds. The molecule has 1 N–H and O–H groups in total. The second kappa shape index (κ2) is 7.46. The molecule has 0 aliphatic carbocycles. The molecule has 0 aromatic rings. The van der Waals surface area contributed by atoms with Gasteiger partial charge in [0, 0.05) is 37.9 Å². The Bertz CT molecular complexity index is 223. The molecule has 106 valence electrons. The quantitative estimate of drug-likeness (QED) is 0.673. The smallest absolute Gasteiger partial charge is 0.0478 e. The Labute approximate surface area is 112 Å². The van der Waals surface area contributed by atoms with Crippen molar-refractivity contribution in [1.82, 2.24) is 10.2 Å². The topological polar surface area (TPSA) is 24.5 Å². The van der Waals surface area contributed by atoms with Crippen molar-refractivity contribution >= 4 is 0 Å². The number of fused-ring (bicyclic) bond motifs is 2. The van der Waals surface area contributed by atoms with Crippen LogP contribution in [0.4, 0.5) is 0 Å². The van der Waals surface area contributed by atoms with Gasteiger partial charge in [-0.25, -0.2) is 0 Å². The monoisotopic (exact) mass is 254 g/mol. The van der Waals surface area contributed by atoms with E-state index in [4.69, 9.17) is 4.74 Å². The third-order valence-corrected chi connectivity index (χ3v) is 4.41. The fourth-order valence-electron chi connectivity index (χ4n) is 3.60. The van der Waals surface area contributed by atoms with E-state index in [1.165, 1.54) is 51.6 Å². The van der Waals surface area contributed by atoms with E-state index in [1.807, 2.05) is 0 Å². The first-order chi connectivity index (χ1) is 8.83. The summed E-state index contributed by atoms with van der Waals surface area (Å²) in [6, 6.07) is 2.44. The van der Waals surface area contributed by atoms with E-state index in [9.17, 15) is 0 Å². The number of nitrogens with one attached hydrogen (secondary N) is 1. The molecule has 0 aromatic heterocycles. The number of hydrogen-bond acceptors (Lipinski definition) is 3. The van der Waals surface area contributed by atoms with Gasteiger partial charge in [0.05, 0.1) is 0 Å². The van der Waals surface area contributed by atoms with Crippen LogP contribution in [-0.2, 0) is 4.74 Å². The zero-order valence-corrected chi connectivity index (χ0v) is 12.2. The van der Waals surface area contributed by atoms with E-state index in [0.717, 1.165) is 31.3 Å². The fraction of sp³-hybridized carbons (Fsp3) is 1.00. The van der Waals surface area contributed by atoms with E-state index in [1.54, 1.807) is 0 Å². The van der Waals surface area contributed by atoms with Crippen molar-refractivity contribution in [2.24, 2.45) is 0 Å². The molecule has 2 heterocycles. The zero-order chi connectivity index (χ0) is 12.8. The maximum atomic E-state index is 5.46. The molecule has 2 aliphatic heterocycles. The summed E-state index contributed by atoms with van der Waals surface area (Å²) in [5.41, 5.74) is 0. The first-order valence-corrected chi connectivity index (χ1v) is 7.91. The molecule has 0 saturated carbocycles. The first-order valence-electron chi connectivity index (χ1n) is 7.91. The van der Waals surface area contributed by atoms with Gasteiger partial charge in [0.25, 0.3) is 0 Å². The molecule has 3 heteroatoms. The van der Waals surface area contributed by atoms with Crippen LogP contribution < -0.4 is 5.32 Å². The summed E-state index contributed by atoms with van der Waals surface area (Å²) in [6.45, 7) is 8.63. The lowest BCUT2D eigenvalue weighted by atomic mass is 9.98. The highest BCUT2D eigenvalue weighted by Crippen LogP contribution is 2.29. The van der Waals surface area contributed by atoms with Crippen molar-refractivity contribution in [1.29, 1.82) is 0 Å². The number of piperidine rings is 1.